The third-order valence-corrected chi connectivity index (χ3v) is 11.6. The van der Waals surface area contributed by atoms with Gasteiger partial charge in [-0.25, -0.2) is 4.99 Å². The summed E-state index contributed by atoms with van der Waals surface area (Å²) in [4.78, 5) is 12.5. The minimum Gasteiger partial charge on any atom is -0.359 e. The monoisotopic (exact) mass is 760 g/mol. The number of benzene rings is 8. The highest BCUT2D eigenvalue weighted by Gasteiger charge is 2.35. The maximum absolute atomic E-state index is 5.17. The molecule has 0 saturated heterocycles. The fourth-order valence-electron chi connectivity index (χ4n) is 8.69. The Balaban J connectivity index is 0.936. The Kier molecular flexibility index (Phi) is 8.68. The number of hydrogen-bond acceptors (Lipinski definition) is 6. The van der Waals surface area contributed by atoms with Gasteiger partial charge in [-0.2, -0.15) is 0 Å². The van der Waals surface area contributed by atoms with Crippen LogP contribution in [-0.2, 0) is 0 Å². The number of amidine groups is 1. The number of rotatable bonds is 7. The lowest BCUT2D eigenvalue weighted by Gasteiger charge is -2.32. The van der Waals surface area contributed by atoms with Gasteiger partial charge in [0.05, 0.1) is 16.9 Å². The summed E-state index contributed by atoms with van der Waals surface area (Å²) in [6, 6.07) is 70.9. The summed E-state index contributed by atoms with van der Waals surface area (Å²) in [6.45, 7) is 0. The van der Waals surface area contributed by atoms with Crippen LogP contribution in [0.4, 0.5) is 17.1 Å². The van der Waals surface area contributed by atoms with Gasteiger partial charge in [0, 0.05) is 33.6 Å². The Bertz CT molecular complexity index is 2970. The molecule has 2 aliphatic rings. The van der Waals surface area contributed by atoms with Gasteiger partial charge in [0.25, 0.3) is 0 Å². The molecule has 0 amide bonds. The Morgan fingerprint density at radius 2 is 1.03 bits per heavy atom. The number of pyridine rings is 1. The van der Waals surface area contributed by atoms with Crippen LogP contribution in [0.15, 0.2) is 211 Å². The fraction of sp³-hybridized carbons (Fsp3) is 0.0566. The molecule has 8 aromatic carbocycles. The molecule has 0 aliphatic carbocycles. The molecular formula is C53H40N6. The smallest absolute Gasteiger partial charge is 0.131 e. The molecule has 1 aromatic heterocycles. The minimum absolute atomic E-state index is 0.107. The van der Waals surface area contributed by atoms with Crippen LogP contribution in [0.3, 0.4) is 0 Å². The number of anilines is 3. The summed E-state index contributed by atoms with van der Waals surface area (Å²) in [5, 5.41) is 14.9. The highest BCUT2D eigenvalue weighted by Crippen LogP contribution is 2.53. The SMILES string of the molecule is c1ccc(-c2ccc(C3=NC(c4ccccc4)NC(c4ccc(-c5cccc(N6c7c(c8ccccc8c8ncccc78)NC6c6ccccc6)c5)cc4)N3)cc2)cc1. The molecule has 6 heteroatoms. The van der Waals surface area contributed by atoms with Crippen molar-refractivity contribution in [2.24, 2.45) is 4.99 Å². The fourth-order valence-corrected chi connectivity index (χ4v) is 8.69. The molecule has 3 unspecified atom stereocenters. The molecule has 0 fully saturated rings. The van der Waals surface area contributed by atoms with Crippen molar-refractivity contribution in [2.45, 2.75) is 18.5 Å². The number of fused-ring (bicyclic) bond motifs is 6. The molecule has 3 heterocycles. The molecule has 0 saturated carbocycles. The topological polar surface area (TPSA) is 64.6 Å². The van der Waals surface area contributed by atoms with Gasteiger partial charge in [0.1, 0.15) is 24.3 Å². The van der Waals surface area contributed by atoms with Gasteiger partial charge in [-0.15, -0.1) is 0 Å². The molecule has 59 heavy (non-hydrogen) atoms. The Labute approximate surface area is 343 Å². The number of hydrogen-bond donors (Lipinski definition) is 3. The molecule has 3 atom stereocenters. The van der Waals surface area contributed by atoms with E-state index in [2.05, 4.69) is 203 Å². The van der Waals surface area contributed by atoms with E-state index in [0.717, 1.165) is 67.0 Å². The van der Waals surface area contributed by atoms with Crippen LogP contribution in [0.1, 0.15) is 40.8 Å². The van der Waals surface area contributed by atoms with E-state index in [4.69, 9.17) is 9.98 Å². The molecule has 11 rings (SSSR count). The van der Waals surface area contributed by atoms with Crippen LogP contribution in [0.5, 0.6) is 0 Å². The molecular weight excluding hydrogens is 721 g/mol. The summed E-state index contributed by atoms with van der Waals surface area (Å²) in [7, 11) is 0. The van der Waals surface area contributed by atoms with Crippen molar-refractivity contribution >= 4 is 44.6 Å². The van der Waals surface area contributed by atoms with Crippen LogP contribution < -0.4 is 20.9 Å². The predicted molar refractivity (Wildman–Crippen MR) is 243 cm³/mol. The highest BCUT2D eigenvalue weighted by atomic mass is 15.3. The van der Waals surface area contributed by atoms with Crippen molar-refractivity contribution in [3.63, 3.8) is 0 Å². The first-order valence-corrected chi connectivity index (χ1v) is 20.2. The van der Waals surface area contributed by atoms with Crippen molar-refractivity contribution in [2.75, 3.05) is 10.2 Å². The molecule has 0 spiro atoms. The zero-order valence-corrected chi connectivity index (χ0v) is 32.2. The van der Waals surface area contributed by atoms with Crippen molar-refractivity contribution in [1.82, 2.24) is 15.6 Å². The average Bonchev–Trinajstić information content (AvgIpc) is 3.74. The first kappa shape index (κ1) is 34.7. The van der Waals surface area contributed by atoms with Gasteiger partial charge in [0.15, 0.2) is 0 Å². The van der Waals surface area contributed by atoms with Gasteiger partial charge in [-0.3, -0.25) is 10.3 Å². The van der Waals surface area contributed by atoms with E-state index in [0.29, 0.717) is 0 Å². The van der Waals surface area contributed by atoms with Gasteiger partial charge in [-0.1, -0.05) is 176 Å². The normalized spacial score (nSPS) is 17.3. The zero-order valence-electron chi connectivity index (χ0n) is 32.2. The molecule has 282 valence electrons. The molecule has 6 nitrogen and oxygen atoms in total. The van der Waals surface area contributed by atoms with E-state index < -0.39 is 0 Å². The van der Waals surface area contributed by atoms with E-state index in [1.165, 1.54) is 22.1 Å². The number of nitrogens with zero attached hydrogens (tertiary/aromatic N) is 3. The van der Waals surface area contributed by atoms with Gasteiger partial charge in [0.2, 0.25) is 0 Å². The van der Waals surface area contributed by atoms with Crippen LogP contribution >= 0.6 is 0 Å². The number of aliphatic imine (C=N–C) groups is 1. The second-order valence-electron chi connectivity index (χ2n) is 15.1. The van der Waals surface area contributed by atoms with E-state index in [1.54, 1.807) is 0 Å². The van der Waals surface area contributed by atoms with Crippen molar-refractivity contribution in [3.8, 4) is 22.3 Å². The summed E-state index contributed by atoms with van der Waals surface area (Å²) in [5.74, 6) is 0.863. The first-order chi connectivity index (χ1) is 29.2. The van der Waals surface area contributed by atoms with E-state index in [1.807, 2.05) is 24.4 Å². The summed E-state index contributed by atoms with van der Waals surface area (Å²) in [6.07, 6.45) is 1.42. The molecule has 3 N–H and O–H groups in total. The summed E-state index contributed by atoms with van der Waals surface area (Å²) >= 11 is 0. The summed E-state index contributed by atoms with van der Waals surface area (Å²) in [5.41, 5.74) is 13.5. The third kappa shape index (κ3) is 6.36. The maximum Gasteiger partial charge on any atom is 0.131 e. The summed E-state index contributed by atoms with van der Waals surface area (Å²) < 4.78 is 0. The van der Waals surface area contributed by atoms with Gasteiger partial charge >= 0.3 is 0 Å². The first-order valence-electron chi connectivity index (χ1n) is 20.2. The Morgan fingerprint density at radius 3 is 1.80 bits per heavy atom. The van der Waals surface area contributed by atoms with E-state index in [-0.39, 0.29) is 18.5 Å². The molecule has 9 aromatic rings. The largest absolute Gasteiger partial charge is 0.359 e. The minimum atomic E-state index is -0.208. The molecule has 2 aliphatic heterocycles. The zero-order chi connectivity index (χ0) is 39.1. The maximum atomic E-state index is 5.17. The second-order valence-corrected chi connectivity index (χ2v) is 15.1. The van der Waals surface area contributed by atoms with Crippen LogP contribution in [-0.4, -0.2) is 10.8 Å². The van der Waals surface area contributed by atoms with Crippen LogP contribution in [0, 0.1) is 0 Å². The Morgan fingerprint density at radius 1 is 0.441 bits per heavy atom. The number of nitrogens with one attached hydrogen (secondary N) is 3. The molecule has 0 bridgehead atoms. The van der Waals surface area contributed by atoms with Crippen molar-refractivity contribution in [3.05, 3.63) is 229 Å². The lowest BCUT2D eigenvalue weighted by atomic mass is 9.99. The quantitative estimate of drug-likeness (QED) is 0.141. The molecule has 0 radical (unpaired) electrons. The lowest BCUT2D eigenvalue weighted by Crippen LogP contribution is -2.44. The predicted octanol–water partition coefficient (Wildman–Crippen LogP) is 12.3. The van der Waals surface area contributed by atoms with Crippen LogP contribution in [0.2, 0.25) is 0 Å². The Hall–Kier alpha value is -7.54. The van der Waals surface area contributed by atoms with Crippen molar-refractivity contribution in [1.29, 1.82) is 0 Å². The average molecular weight is 761 g/mol. The van der Waals surface area contributed by atoms with E-state index >= 15 is 0 Å². The van der Waals surface area contributed by atoms with Gasteiger partial charge in [-0.05, 0) is 63.2 Å². The van der Waals surface area contributed by atoms with Crippen molar-refractivity contribution < 1.29 is 0 Å². The third-order valence-electron chi connectivity index (χ3n) is 11.6. The number of aromatic nitrogens is 1. The standard InChI is InChI=1S/C53H40N6/c1-4-14-35(15-5-1)36-25-29-39(30-26-36)51-56-50(38-16-6-2-7-17-38)57-52(58-51)40-31-27-37(28-32-40)42-20-12-21-43(34-42)59-49-46-24-13-33-54-47(46)44-22-10-11-23-45(44)48(49)55-53(59)41-18-8-3-9-19-41/h1-34,50,52-53,55,57H,(H,56,58). The highest BCUT2D eigenvalue weighted by molar-refractivity contribution is 6.21. The lowest BCUT2D eigenvalue weighted by molar-refractivity contribution is 0.409. The van der Waals surface area contributed by atoms with Crippen LogP contribution in [0.25, 0.3) is 43.9 Å². The van der Waals surface area contributed by atoms with Gasteiger partial charge < -0.3 is 15.5 Å². The van der Waals surface area contributed by atoms with E-state index in [9.17, 15) is 0 Å². The second kappa shape index (κ2) is 14.8.